The number of aliphatic hydroxyl groups excluding tert-OH is 1. The summed E-state index contributed by atoms with van der Waals surface area (Å²) in [6.45, 7) is 4.03. The number of hydrogen-bond acceptors (Lipinski definition) is 5. The lowest BCUT2D eigenvalue weighted by Crippen LogP contribution is -2.58. The lowest BCUT2D eigenvalue weighted by molar-refractivity contribution is -0.161. The predicted octanol–water partition coefficient (Wildman–Crippen LogP) is 2.53. The highest BCUT2D eigenvalue weighted by atomic mass is 19.1. The Labute approximate surface area is 168 Å². The molecule has 2 aromatic rings. The van der Waals surface area contributed by atoms with Crippen LogP contribution in [0.3, 0.4) is 0 Å². The summed E-state index contributed by atoms with van der Waals surface area (Å²) < 4.78 is 18.8. The Morgan fingerprint density at radius 2 is 2.14 bits per heavy atom. The van der Waals surface area contributed by atoms with Crippen molar-refractivity contribution in [2.45, 2.75) is 39.2 Å². The summed E-state index contributed by atoms with van der Waals surface area (Å²) in [5.41, 5.74) is -1.07. The van der Waals surface area contributed by atoms with Crippen LogP contribution in [-0.2, 0) is 17.6 Å². The number of aliphatic hydroxyl groups is 1. The van der Waals surface area contributed by atoms with E-state index in [0.29, 0.717) is 23.7 Å². The molecular weight excluding hydrogens is 379 g/mol. The number of rotatable bonds is 6. The van der Waals surface area contributed by atoms with E-state index in [-0.39, 0.29) is 31.6 Å². The van der Waals surface area contributed by atoms with E-state index < -0.39 is 29.2 Å². The van der Waals surface area contributed by atoms with Gasteiger partial charge in [-0.15, -0.1) is 0 Å². The Morgan fingerprint density at radius 3 is 2.79 bits per heavy atom. The van der Waals surface area contributed by atoms with Crippen LogP contribution in [0.5, 0.6) is 0 Å². The van der Waals surface area contributed by atoms with E-state index in [2.05, 4.69) is 5.16 Å². The van der Waals surface area contributed by atoms with Gasteiger partial charge in [0.05, 0.1) is 6.10 Å². The highest BCUT2D eigenvalue weighted by Crippen LogP contribution is 2.35. The van der Waals surface area contributed by atoms with Crippen molar-refractivity contribution in [3.05, 3.63) is 53.2 Å². The molecule has 1 fully saturated rings. The number of likely N-dealkylation sites (tertiary alicyclic amines) is 1. The van der Waals surface area contributed by atoms with Crippen LogP contribution in [-0.4, -0.2) is 51.3 Å². The number of carboxylic acid groups (broad SMARTS) is 1. The third-order valence-corrected chi connectivity index (χ3v) is 5.29. The van der Waals surface area contributed by atoms with Crippen LogP contribution in [0.4, 0.5) is 4.39 Å². The first-order chi connectivity index (χ1) is 13.7. The molecule has 2 N–H and O–H groups in total. The van der Waals surface area contributed by atoms with Gasteiger partial charge in [-0.3, -0.25) is 9.59 Å². The molecule has 0 saturated carbocycles. The fourth-order valence-corrected chi connectivity index (χ4v) is 3.80. The Kier molecular flexibility index (Phi) is 6.02. The standard InChI is InChI=1S/C21H25FN2O5/c1-13(2)8-16-10-17(23-29-16)19(26)24-7-6-18(25)21(12-24,20(27)28)11-14-4-3-5-15(22)9-14/h3-5,9-10,13,18,25H,6-8,11-12H2,1-2H3,(H,27,28)/t18-,21-/m1/s1. The minimum Gasteiger partial charge on any atom is -0.481 e. The largest absolute Gasteiger partial charge is 0.481 e. The minimum atomic E-state index is -1.63. The second-order valence-electron chi connectivity index (χ2n) is 8.08. The second-order valence-corrected chi connectivity index (χ2v) is 8.08. The molecule has 29 heavy (non-hydrogen) atoms. The monoisotopic (exact) mass is 404 g/mol. The normalized spacial score (nSPS) is 22.1. The molecule has 0 radical (unpaired) electrons. The Bertz CT molecular complexity index is 897. The number of carboxylic acids is 1. The first-order valence-electron chi connectivity index (χ1n) is 9.62. The van der Waals surface area contributed by atoms with E-state index in [1.54, 1.807) is 12.1 Å². The van der Waals surface area contributed by atoms with E-state index in [4.69, 9.17) is 4.52 Å². The predicted molar refractivity (Wildman–Crippen MR) is 102 cm³/mol. The van der Waals surface area contributed by atoms with Crippen LogP contribution in [0.25, 0.3) is 0 Å². The average molecular weight is 404 g/mol. The van der Waals surface area contributed by atoms with E-state index in [1.807, 2.05) is 13.8 Å². The zero-order chi connectivity index (χ0) is 21.2. The molecule has 1 saturated heterocycles. The summed E-state index contributed by atoms with van der Waals surface area (Å²) in [7, 11) is 0. The quantitative estimate of drug-likeness (QED) is 0.767. The summed E-state index contributed by atoms with van der Waals surface area (Å²) in [5.74, 6) is -1.24. The van der Waals surface area contributed by atoms with Crippen LogP contribution in [0.15, 0.2) is 34.9 Å². The molecule has 3 rings (SSSR count). The number of halogens is 1. The highest BCUT2D eigenvalue weighted by Gasteiger charge is 2.50. The van der Waals surface area contributed by atoms with Gasteiger partial charge >= 0.3 is 5.97 Å². The van der Waals surface area contributed by atoms with Crippen LogP contribution in [0.2, 0.25) is 0 Å². The van der Waals surface area contributed by atoms with Crippen molar-refractivity contribution in [1.82, 2.24) is 10.1 Å². The first-order valence-corrected chi connectivity index (χ1v) is 9.62. The number of aromatic nitrogens is 1. The third-order valence-electron chi connectivity index (χ3n) is 5.29. The van der Waals surface area contributed by atoms with Crippen LogP contribution in [0, 0.1) is 17.2 Å². The SMILES string of the molecule is CC(C)Cc1cc(C(=O)N2CC[C@@H](O)[C@](Cc3cccc(F)c3)(C(=O)O)C2)no1. The van der Waals surface area contributed by atoms with Crippen LogP contribution in [0.1, 0.15) is 42.1 Å². The molecule has 2 heterocycles. The Balaban J connectivity index is 1.84. The molecule has 1 aromatic carbocycles. The number of benzene rings is 1. The first kappa shape index (κ1) is 21.0. The van der Waals surface area contributed by atoms with E-state index in [0.717, 1.165) is 0 Å². The van der Waals surface area contributed by atoms with Gasteiger partial charge in [-0.2, -0.15) is 0 Å². The summed E-state index contributed by atoms with van der Waals surface area (Å²) in [6.07, 6.45) is -0.523. The van der Waals surface area contributed by atoms with Gasteiger partial charge in [-0.25, -0.2) is 4.39 Å². The van der Waals surface area contributed by atoms with E-state index >= 15 is 0 Å². The van der Waals surface area contributed by atoms with Crippen LogP contribution >= 0.6 is 0 Å². The van der Waals surface area contributed by atoms with E-state index in [1.165, 1.54) is 23.1 Å². The summed E-state index contributed by atoms with van der Waals surface area (Å²) in [4.78, 5) is 26.4. The van der Waals surface area contributed by atoms with Gasteiger partial charge < -0.3 is 19.6 Å². The lowest BCUT2D eigenvalue weighted by atomic mass is 9.72. The smallest absolute Gasteiger partial charge is 0.314 e. The molecule has 2 atom stereocenters. The van der Waals surface area contributed by atoms with Gasteiger partial charge in [-0.05, 0) is 36.5 Å². The van der Waals surface area contributed by atoms with Crippen molar-refractivity contribution in [3.8, 4) is 0 Å². The van der Waals surface area contributed by atoms with Crippen LogP contribution < -0.4 is 0 Å². The molecule has 1 aliphatic rings. The molecule has 0 unspecified atom stereocenters. The number of carbonyl (C=O) groups is 2. The van der Waals surface area contributed by atoms with Crippen molar-refractivity contribution < 1.29 is 28.7 Å². The number of hydrogen-bond donors (Lipinski definition) is 2. The van der Waals surface area contributed by atoms with Gasteiger partial charge in [-0.1, -0.05) is 31.1 Å². The third kappa shape index (κ3) is 4.48. The molecule has 1 aromatic heterocycles. The molecule has 7 nitrogen and oxygen atoms in total. The number of carbonyl (C=O) groups excluding carboxylic acids is 1. The van der Waals surface area contributed by atoms with Gasteiger partial charge in [0.25, 0.3) is 5.91 Å². The van der Waals surface area contributed by atoms with Gasteiger partial charge in [0.15, 0.2) is 5.69 Å². The fourth-order valence-electron chi connectivity index (χ4n) is 3.80. The maximum atomic E-state index is 13.6. The maximum Gasteiger partial charge on any atom is 0.314 e. The van der Waals surface area contributed by atoms with Gasteiger partial charge in [0.2, 0.25) is 0 Å². The van der Waals surface area contributed by atoms with Crippen molar-refractivity contribution in [2.24, 2.45) is 11.3 Å². The summed E-state index contributed by atoms with van der Waals surface area (Å²) in [6, 6.07) is 7.18. The van der Waals surface area contributed by atoms with Gasteiger partial charge in [0.1, 0.15) is 17.0 Å². The Morgan fingerprint density at radius 1 is 1.38 bits per heavy atom. The van der Waals surface area contributed by atoms with Crippen molar-refractivity contribution in [3.63, 3.8) is 0 Å². The summed E-state index contributed by atoms with van der Waals surface area (Å²) >= 11 is 0. The number of amides is 1. The maximum absolute atomic E-state index is 13.6. The van der Waals surface area contributed by atoms with Crippen molar-refractivity contribution >= 4 is 11.9 Å². The topological polar surface area (TPSA) is 104 Å². The molecule has 1 amide bonds. The molecule has 8 heteroatoms. The number of aliphatic carboxylic acids is 1. The Hall–Kier alpha value is -2.74. The zero-order valence-electron chi connectivity index (χ0n) is 16.5. The summed E-state index contributed by atoms with van der Waals surface area (Å²) in [5, 5.41) is 24.3. The molecule has 0 bridgehead atoms. The average Bonchev–Trinajstić information content (AvgIpc) is 3.10. The highest BCUT2D eigenvalue weighted by molar-refractivity contribution is 5.93. The molecular formula is C21H25FN2O5. The lowest BCUT2D eigenvalue weighted by Gasteiger charge is -2.43. The molecule has 156 valence electrons. The minimum absolute atomic E-state index is 0.0948. The van der Waals surface area contributed by atoms with Crippen molar-refractivity contribution in [1.29, 1.82) is 0 Å². The van der Waals surface area contributed by atoms with Gasteiger partial charge in [0, 0.05) is 25.6 Å². The molecule has 0 aliphatic carbocycles. The fraction of sp³-hybridized carbons (Fsp3) is 0.476. The van der Waals surface area contributed by atoms with Crippen molar-refractivity contribution in [2.75, 3.05) is 13.1 Å². The zero-order valence-corrected chi connectivity index (χ0v) is 16.5. The molecule has 0 spiro atoms. The number of piperidine rings is 1. The molecule has 1 aliphatic heterocycles. The second kappa shape index (κ2) is 8.32. The number of nitrogens with zero attached hydrogens (tertiary/aromatic N) is 2. The van der Waals surface area contributed by atoms with E-state index in [9.17, 15) is 24.2 Å².